The Morgan fingerprint density at radius 1 is 1.17 bits per heavy atom. The monoisotopic (exact) mass is 241 g/mol. The van der Waals surface area contributed by atoms with Crippen molar-refractivity contribution in [3.05, 3.63) is 59.9 Å². The van der Waals surface area contributed by atoms with Crippen LogP contribution in [0.4, 0.5) is 5.69 Å². The van der Waals surface area contributed by atoms with Crippen LogP contribution in [0.3, 0.4) is 0 Å². The maximum absolute atomic E-state index is 12.0. The van der Waals surface area contributed by atoms with E-state index in [1.54, 1.807) is 25.5 Å². The third-order valence-electron chi connectivity index (χ3n) is 2.64. The van der Waals surface area contributed by atoms with Gasteiger partial charge in [-0.05, 0) is 29.8 Å². The normalized spacial score (nSPS) is 9.83. The first-order valence-electron chi connectivity index (χ1n) is 5.75. The second kappa shape index (κ2) is 5.82. The van der Waals surface area contributed by atoms with Crippen molar-refractivity contribution in [1.82, 2.24) is 10.3 Å². The fourth-order valence-electron chi connectivity index (χ4n) is 1.68. The van der Waals surface area contributed by atoms with E-state index in [1.807, 2.05) is 30.3 Å². The highest BCUT2D eigenvalue weighted by molar-refractivity contribution is 5.99. The predicted molar refractivity (Wildman–Crippen MR) is 71.4 cm³/mol. The lowest BCUT2D eigenvalue weighted by Crippen LogP contribution is -2.23. The molecule has 0 atom stereocenters. The first-order valence-corrected chi connectivity index (χ1v) is 5.75. The fourth-order valence-corrected chi connectivity index (χ4v) is 1.68. The van der Waals surface area contributed by atoms with E-state index in [2.05, 4.69) is 15.6 Å². The van der Waals surface area contributed by atoms with Crippen LogP contribution >= 0.6 is 0 Å². The van der Waals surface area contributed by atoms with Crippen LogP contribution in [0.1, 0.15) is 15.9 Å². The molecule has 0 bridgehead atoms. The molecule has 0 radical (unpaired) electrons. The van der Waals surface area contributed by atoms with Crippen molar-refractivity contribution in [2.24, 2.45) is 0 Å². The minimum absolute atomic E-state index is 0.0863. The molecule has 0 aliphatic heterocycles. The van der Waals surface area contributed by atoms with E-state index in [9.17, 15) is 4.79 Å². The topological polar surface area (TPSA) is 54.0 Å². The molecule has 2 N–H and O–H groups in total. The average molecular weight is 241 g/mol. The standard InChI is InChI=1S/C14H15N3O/c1-15-13-5-3-2-4-12(13)14(18)17-10-11-6-8-16-9-7-11/h2-9,15H,10H2,1H3,(H,17,18). The van der Waals surface area contributed by atoms with Crippen LogP contribution in [-0.2, 0) is 6.54 Å². The third kappa shape index (κ3) is 2.85. The quantitative estimate of drug-likeness (QED) is 0.861. The number of benzene rings is 1. The van der Waals surface area contributed by atoms with Crippen LogP contribution in [0.5, 0.6) is 0 Å². The van der Waals surface area contributed by atoms with E-state index in [0.29, 0.717) is 12.1 Å². The van der Waals surface area contributed by atoms with Gasteiger partial charge in [0.25, 0.3) is 5.91 Å². The summed E-state index contributed by atoms with van der Waals surface area (Å²) in [6, 6.07) is 11.2. The number of carbonyl (C=O) groups excluding carboxylic acids is 1. The summed E-state index contributed by atoms with van der Waals surface area (Å²) in [6.07, 6.45) is 3.42. The molecular formula is C14H15N3O. The SMILES string of the molecule is CNc1ccccc1C(=O)NCc1ccncc1. The highest BCUT2D eigenvalue weighted by Crippen LogP contribution is 2.13. The van der Waals surface area contributed by atoms with E-state index in [0.717, 1.165) is 11.3 Å². The highest BCUT2D eigenvalue weighted by Gasteiger charge is 2.08. The summed E-state index contributed by atoms with van der Waals surface area (Å²) >= 11 is 0. The van der Waals surface area contributed by atoms with Crippen LogP contribution in [0.2, 0.25) is 0 Å². The zero-order chi connectivity index (χ0) is 12.8. The number of pyridine rings is 1. The van der Waals surface area contributed by atoms with Gasteiger partial charge in [-0.2, -0.15) is 0 Å². The molecule has 1 heterocycles. The number of nitrogens with one attached hydrogen (secondary N) is 2. The second-order valence-corrected chi connectivity index (χ2v) is 3.83. The Hall–Kier alpha value is -2.36. The van der Waals surface area contributed by atoms with Gasteiger partial charge in [-0.15, -0.1) is 0 Å². The maximum atomic E-state index is 12.0. The van der Waals surface area contributed by atoms with Gasteiger partial charge in [0.1, 0.15) is 0 Å². The smallest absolute Gasteiger partial charge is 0.253 e. The molecule has 1 aromatic heterocycles. The third-order valence-corrected chi connectivity index (χ3v) is 2.64. The van der Waals surface area contributed by atoms with Gasteiger partial charge < -0.3 is 10.6 Å². The Morgan fingerprint density at radius 3 is 2.61 bits per heavy atom. The molecule has 0 fully saturated rings. The zero-order valence-corrected chi connectivity index (χ0v) is 10.2. The number of hydrogen-bond donors (Lipinski definition) is 2. The number of amides is 1. The number of para-hydroxylation sites is 1. The summed E-state index contributed by atoms with van der Waals surface area (Å²) in [5.41, 5.74) is 2.50. The molecule has 2 aromatic rings. The van der Waals surface area contributed by atoms with Crippen LogP contribution < -0.4 is 10.6 Å². The summed E-state index contributed by atoms with van der Waals surface area (Å²) in [5, 5.41) is 5.89. The molecule has 4 heteroatoms. The molecule has 0 unspecified atom stereocenters. The molecular weight excluding hydrogens is 226 g/mol. The fraction of sp³-hybridized carbons (Fsp3) is 0.143. The molecule has 0 saturated heterocycles. The summed E-state index contributed by atoms with van der Waals surface area (Å²) in [6.45, 7) is 0.499. The van der Waals surface area contributed by atoms with Crippen LogP contribution in [-0.4, -0.2) is 17.9 Å². The molecule has 1 aromatic carbocycles. The molecule has 0 aliphatic rings. The molecule has 0 spiro atoms. The summed E-state index contributed by atoms with van der Waals surface area (Å²) in [5.74, 6) is -0.0863. The van der Waals surface area contributed by atoms with Gasteiger partial charge in [-0.1, -0.05) is 12.1 Å². The molecule has 92 valence electrons. The zero-order valence-electron chi connectivity index (χ0n) is 10.2. The summed E-state index contributed by atoms with van der Waals surface area (Å²) in [4.78, 5) is 16.0. The number of aromatic nitrogens is 1. The molecule has 4 nitrogen and oxygen atoms in total. The number of carbonyl (C=O) groups is 1. The van der Waals surface area contributed by atoms with Crippen molar-refractivity contribution in [2.75, 3.05) is 12.4 Å². The van der Waals surface area contributed by atoms with Crippen molar-refractivity contribution in [2.45, 2.75) is 6.54 Å². The molecule has 2 rings (SSSR count). The largest absolute Gasteiger partial charge is 0.387 e. The van der Waals surface area contributed by atoms with Crippen molar-refractivity contribution >= 4 is 11.6 Å². The lowest BCUT2D eigenvalue weighted by molar-refractivity contribution is 0.0951. The van der Waals surface area contributed by atoms with Crippen LogP contribution in [0.15, 0.2) is 48.8 Å². The van der Waals surface area contributed by atoms with Crippen molar-refractivity contribution in [3.63, 3.8) is 0 Å². The lowest BCUT2D eigenvalue weighted by Gasteiger charge is -2.09. The minimum Gasteiger partial charge on any atom is -0.387 e. The average Bonchev–Trinajstić information content (AvgIpc) is 2.45. The van der Waals surface area contributed by atoms with Gasteiger partial charge in [-0.3, -0.25) is 9.78 Å². The van der Waals surface area contributed by atoms with Crippen LogP contribution in [0, 0.1) is 0 Å². The second-order valence-electron chi connectivity index (χ2n) is 3.83. The molecule has 18 heavy (non-hydrogen) atoms. The van der Waals surface area contributed by atoms with Gasteiger partial charge in [0.05, 0.1) is 5.56 Å². The lowest BCUT2D eigenvalue weighted by atomic mass is 10.1. The first-order chi connectivity index (χ1) is 8.81. The Bertz CT molecular complexity index is 526. The van der Waals surface area contributed by atoms with Gasteiger partial charge >= 0.3 is 0 Å². The van der Waals surface area contributed by atoms with Crippen molar-refractivity contribution in [3.8, 4) is 0 Å². The Morgan fingerprint density at radius 2 is 1.89 bits per heavy atom. The minimum atomic E-state index is -0.0863. The van der Waals surface area contributed by atoms with E-state index >= 15 is 0 Å². The Balaban J connectivity index is 2.04. The van der Waals surface area contributed by atoms with E-state index in [4.69, 9.17) is 0 Å². The van der Waals surface area contributed by atoms with Crippen molar-refractivity contribution < 1.29 is 4.79 Å². The number of rotatable bonds is 4. The summed E-state index contributed by atoms with van der Waals surface area (Å²) in [7, 11) is 1.80. The Labute approximate surface area is 106 Å². The van der Waals surface area contributed by atoms with Gasteiger partial charge in [-0.25, -0.2) is 0 Å². The summed E-state index contributed by atoms with van der Waals surface area (Å²) < 4.78 is 0. The first kappa shape index (κ1) is 12.1. The predicted octanol–water partition coefficient (Wildman–Crippen LogP) is 2.05. The van der Waals surface area contributed by atoms with Crippen molar-refractivity contribution in [1.29, 1.82) is 0 Å². The van der Waals surface area contributed by atoms with Crippen LogP contribution in [0.25, 0.3) is 0 Å². The van der Waals surface area contributed by atoms with Gasteiger partial charge in [0.2, 0.25) is 0 Å². The van der Waals surface area contributed by atoms with E-state index < -0.39 is 0 Å². The van der Waals surface area contributed by atoms with E-state index in [1.165, 1.54) is 0 Å². The number of nitrogens with zero attached hydrogens (tertiary/aromatic N) is 1. The molecule has 0 aliphatic carbocycles. The molecule has 0 saturated carbocycles. The van der Waals surface area contributed by atoms with E-state index in [-0.39, 0.29) is 5.91 Å². The number of hydrogen-bond acceptors (Lipinski definition) is 3. The van der Waals surface area contributed by atoms with Gasteiger partial charge in [0.15, 0.2) is 0 Å². The highest BCUT2D eigenvalue weighted by atomic mass is 16.1. The van der Waals surface area contributed by atoms with Gasteiger partial charge in [0, 0.05) is 31.7 Å². The number of anilines is 1. The molecule has 1 amide bonds. The Kier molecular flexibility index (Phi) is 3.91. The maximum Gasteiger partial charge on any atom is 0.253 e.